The highest BCUT2D eigenvalue weighted by Gasteiger charge is 2.41. The van der Waals surface area contributed by atoms with Gasteiger partial charge in [0.1, 0.15) is 0 Å². The van der Waals surface area contributed by atoms with Gasteiger partial charge in [-0.2, -0.15) is 0 Å². The van der Waals surface area contributed by atoms with Crippen LogP contribution in [0.3, 0.4) is 0 Å². The Labute approximate surface area is 278 Å². The van der Waals surface area contributed by atoms with E-state index in [1.807, 2.05) is 0 Å². The van der Waals surface area contributed by atoms with Crippen LogP contribution in [-0.2, 0) is 26.6 Å². The summed E-state index contributed by atoms with van der Waals surface area (Å²) >= 11 is 0. The summed E-state index contributed by atoms with van der Waals surface area (Å²) in [7, 11) is -5.14. The van der Waals surface area contributed by atoms with Crippen LogP contribution in [0.1, 0.15) is 183 Å². The van der Waals surface area contributed by atoms with E-state index in [4.69, 9.17) is 26.6 Å². The van der Waals surface area contributed by atoms with E-state index >= 15 is 0 Å². The van der Waals surface area contributed by atoms with Crippen molar-refractivity contribution in [1.29, 1.82) is 0 Å². The summed E-state index contributed by atoms with van der Waals surface area (Å²) in [4.78, 5) is 0. The van der Waals surface area contributed by atoms with Gasteiger partial charge in [-0.05, 0) is 51.4 Å². The quantitative estimate of drug-likeness (QED) is 0.0487. The molecule has 0 aromatic heterocycles. The van der Waals surface area contributed by atoms with Crippen molar-refractivity contribution < 1.29 is 26.6 Å². The Balaban J connectivity index is 4.41. The molecule has 0 rings (SSSR count). The minimum atomic E-state index is -2.57. The molecule has 0 heterocycles. The first-order chi connectivity index (χ1) is 21.6. The number of hydrogen-bond acceptors (Lipinski definition) is 6. The molecule has 0 radical (unpaired) electrons. The lowest BCUT2D eigenvalue weighted by atomic mass is 10.1. The van der Waals surface area contributed by atoms with Crippen LogP contribution in [0, 0.1) is 0 Å². The van der Waals surface area contributed by atoms with Gasteiger partial charge in [-0.25, -0.2) is 0 Å². The Morgan fingerprint density at radius 3 is 0.614 bits per heavy atom. The Morgan fingerprint density at radius 2 is 0.432 bits per heavy atom. The third kappa shape index (κ3) is 25.3. The molecule has 0 saturated carbocycles. The zero-order valence-corrected chi connectivity index (χ0v) is 32.7. The molecule has 8 heteroatoms. The number of unbranched alkanes of at least 4 members (excludes halogenated alkanes) is 15. The molecule has 0 aliphatic rings. The van der Waals surface area contributed by atoms with Crippen LogP contribution in [0.5, 0.6) is 0 Å². The van der Waals surface area contributed by atoms with Gasteiger partial charge in [-0.15, -0.1) is 0 Å². The summed E-state index contributed by atoms with van der Waals surface area (Å²) in [6.45, 7) is 17.9. The molecule has 0 aliphatic carbocycles. The van der Waals surface area contributed by atoms with Crippen LogP contribution < -0.4 is 0 Å². The minimum absolute atomic E-state index is 0.772. The maximum absolute atomic E-state index is 6.42. The maximum atomic E-state index is 6.42. The molecular weight excluding hydrogens is 585 g/mol. The van der Waals surface area contributed by atoms with Crippen LogP contribution in [0.25, 0.3) is 0 Å². The summed E-state index contributed by atoms with van der Waals surface area (Å²) in [5, 5.41) is 0. The largest absolute Gasteiger partial charge is 0.500 e. The van der Waals surface area contributed by atoms with Crippen molar-refractivity contribution in [2.45, 2.75) is 195 Å². The van der Waals surface area contributed by atoms with Crippen molar-refractivity contribution in [3.05, 3.63) is 0 Å². The van der Waals surface area contributed by atoms with Crippen molar-refractivity contribution in [2.24, 2.45) is 0 Å². The molecular formula is C36H78O6Si2. The first kappa shape index (κ1) is 44.2. The van der Waals surface area contributed by atoms with E-state index in [2.05, 4.69) is 41.5 Å². The van der Waals surface area contributed by atoms with Crippen molar-refractivity contribution >= 4 is 17.6 Å². The summed E-state index contributed by atoms with van der Waals surface area (Å²) in [5.74, 6) is 0. The second kappa shape index (κ2) is 33.1. The van der Waals surface area contributed by atoms with Gasteiger partial charge in [0, 0.05) is 51.7 Å². The number of hydrogen-bond donors (Lipinski definition) is 0. The van der Waals surface area contributed by atoms with Gasteiger partial charge < -0.3 is 26.6 Å². The first-order valence-corrected chi connectivity index (χ1v) is 23.3. The van der Waals surface area contributed by atoms with Gasteiger partial charge in [0.15, 0.2) is 0 Å². The third-order valence-corrected chi connectivity index (χ3v) is 13.9. The average molecular weight is 663 g/mol. The highest BCUT2D eigenvalue weighted by molar-refractivity contribution is 6.61. The van der Waals surface area contributed by atoms with Gasteiger partial charge in [0.05, 0.1) is 0 Å². The lowest BCUT2D eigenvalue weighted by Gasteiger charge is -2.30. The average Bonchev–Trinajstić information content (AvgIpc) is 3.02. The van der Waals surface area contributed by atoms with Gasteiger partial charge >= 0.3 is 17.6 Å². The topological polar surface area (TPSA) is 55.4 Å². The van der Waals surface area contributed by atoms with Gasteiger partial charge in [-0.1, -0.05) is 131 Å². The monoisotopic (exact) mass is 663 g/mol. The molecule has 266 valence electrons. The standard InChI is InChI=1S/C36H78O6Si2/c1-7-13-29-37-43(38-30-14-8-2,39-31-15-9-3)35-27-25-23-21-19-20-22-24-26-28-36-44(40-32-16-10-4,41-33-17-11-5)42-34-18-12-6/h7-36H2,1-6H3. The molecule has 44 heavy (non-hydrogen) atoms. The normalized spacial score (nSPS) is 12.4. The van der Waals surface area contributed by atoms with E-state index < -0.39 is 17.6 Å². The molecule has 0 unspecified atom stereocenters. The van der Waals surface area contributed by atoms with Crippen molar-refractivity contribution in [1.82, 2.24) is 0 Å². The molecule has 6 nitrogen and oxygen atoms in total. The van der Waals surface area contributed by atoms with Crippen molar-refractivity contribution in [2.75, 3.05) is 39.6 Å². The van der Waals surface area contributed by atoms with Crippen LogP contribution in [0.4, 0.5) is 0 Å². The van der Waals surface area contributed by atoms with E-state index in [0.717, 1.165) is 142 Å². The second-order valence-electron chi connectivity index (χ2n) is 12.6. The molecule has 0 spiro atoms. The fraction of sp³-hybridized carbons (Fsp3) is 1.00. The lowest BCUT2D eigenvalue weighted by molar-refractivity contribution is 0.0549. The SMILES string of the molecule is CCCCO[Si](CCCCCCCCCCCC[Si](OCCCC)(OCCCC)OCCCC)(OCCCC)OCCCC. The molecule has 0 atom stereocenters. The summed E-state index contributed by atoms with van der Waals surface area (Å²) in [6.07, 6.45) is 26.1. The summed E-state index contributed by atoms with van der Waals surface area (Å²) in [5.41, 5.74) is 0. The smallest absolute Gasteiger partial charge is 0.373 e. The van der Waals surface area contributed by atoms with Gasteiger partial charge in [0.2, 0.25) is 0 Å². The first-order valence-electron chi connectivity index (χ1n) is 19.4. The van der Waals surface area contributed by atoms with E-state index in [1.165, 1.54) is 51.4 Å². The third-order valence-electron chi connectivity index (χ3n) is 8.14. The van der Waals surface area contributed by atoms with Crippen LogP contribution in [0.2, 0.25) is 12.1 Å². The zero-order chi connectivity index (χ0) is 32.5. The van der Waals surface area contributed by atoms with Crippen LogP contribution >= 0.6 is 0 Å². The lowest BCUT2D eigenvalue weighted by Crippen LogP contribution is -2.46. The van der Waals surface area contributed by atoms with Crippen molar-refractivity contribution in [3.63, 3.8) is 0 Å². The molecule has 0 fully saturated rings. The summed E-state index contributed by atoms with van der Waals surface area (Å²) < 4.78 is 38.5. The fourth-order valence-corrected chi connectivity index (χ4v) is 10.5. The van der Waals surface area contributed by atoms with E-state index in [-0.39, 0.29) is 0 Å². The molecule has 0 aromatic carbocycles. The Bertz CT molecular complexity index is 468. The predicted molar refractivity (Wildman–Crippen MR) is 192 cm³/mol. The van der Waals surface area contributed by atoms with Crippen LogP contribution in [0.15, 0.2) is 0 Å². The Hall–Kier alpha value is 0.194. The Morgan fingerprint density at radius 1 is 0.250 bits per heavy atom. The maximum Gasteiger partial charge on any atom is 0.500 e. The molecule has 0 aliphatic heterocycles. The molecule has 0 N–H and O–H groups in total. The minimum Gasteiger partial charge on any atom is -0.373 e. The predicted octanol–water partition coefficient (Wildman–Crippen LogP) is 11.7. The fourth-order valence-electron chi connectivity index (χ4n) is 5.01. The van der Waals surface area contributed by atoms with Gasteiger partial charge in [0.25, 0.3) is 0 Å². The zero-order valence-electron chi connectivity index (χ0n) is 30.7. The van der Waals surface area contributed by atoms with E-state index in [0.29, 0.717) is 0 Å². The number of rotatable bonds is 37. The molecule has 0 saturated heterocycles. The van der Waals surface area contributed by atoms with Crippen LogP contribution in [-0.4, -0.2) is 57.3 Å². The van der Waals surface area contributed by atoms with Crippen molar-refractivity contribution in [3.8, 4) is 0 Å². The second-order valence-corrected chi connectivity index (χ2v) is 18.1. The van der Waals surface area contributed by atoms with Gasteiger partial charge in [-0.3, -0.25) is 0 Å². The summed E-state index contributed by atoms with van der Waals surface area (Å²) in [6, 6.07) is 1.95. The highest BCUT2D eigenvalue weighted by atomic mass is 28.4. The highest BCUT2D eigenvalue weighted by Crippen LogP contribution is 2.24. The van der Waals surface area contributed by atoms with E-state index in [1.54, 1.807) is 0 Å². The molecule has 0 amide bonds. The molecule has 0 bridgehead atoms. The molecule has 0 aromatic rings. The Kier molecular flexibility index (Phi) is 33.3. The van der Waals surface area contributed by atoms with E-state index in [9.17, 15) is 0 Å².